The molecule has 0 aliphatic carbocycles. The van der Waals surface area contributed by atoms with Gasteiger partial charge in [0.2, 0.25) is 0 Å². The number of hydrogen-bond donors (Lipinski definition) is 1. The van der Waals surface area contributed by atoms with Crippen molar-refractivity contribution in [3.05, 3.63) is 70.2 Å². The predicted molar refractivity (Wildman–Crippen MR) is 90.3 cm³/mol. The number of benzene rings is 2. The second-order valence-corrected chi connectivity index (χ2v) is 5.52. The molecule has 5 nitrogen and oxygen atoms in total. The molecule has 0 spiro atoms. The average molecular weight is 346 g/mol. The van der Waals surface area contributed by atoms with Crippen LogP contribution < -0.4 is 5.32 Å². The van der Waals surface area contributed by atoms with E-state index in [0.29, 0.717) is 16.1 Å². The van der Waals surface area contributed by atoms with Gasteiger partial charge >= 0.3 is 5.97 Å². The Bertz CT molecular complexity index is 756. The number of rotatable bonds is 6. The molecule has 0 aliphatic heterocycles. The number of carbonyl (C=O) groups excluding carboxylic acids is 3. The summed E-state index contributed by atoms with van der Waals surface area (Å²) < 4.78 is 4.87. The van der Waals surface area contributed by atoms with E-state index in [1.807, 2.05) is 6.07 Å². The molecule has 0 atom stereocenters. The summed E-state index contributed by atoms with van der Waals surface area (Å²) in [6.45, 7) is 1.11. The molecule has 24 heavy (non-hydrogen) atoms. The van der Waals surface area contributed by atoms with Crippen LogP contribution in [0.15, 0.2) is 48.5 Å². The van der Waals surface area contributed by atoms with E-state index in [1.54, 1.807) is 49.4 Å². The molecule has 0 saturated carbocycles. The molecular formula is C18H16ClNO4. The lowest BCUT2D eigenvalue weighted by atomic mass is 10.1. The number of hydrogen-bond acceptors (Lipinski definition) is 4. The summed E-state index contributed by atoms with van der Waals surface area (Å²) in [7, 11) is 0. The van der Waals surface area contributed by atoms with Crippen LogP contribution >= 0.6 is 11.6 Å². The molecule has 0 bridgehead atoms. The Kier molecular flexibility index (Phi) is 6.09. The standard InChI is InChI=1S/C18H16ClNO4/c1-12-4-2-3-5-15(12)18(23)20-10-17(22)24-11-16(21)13-6-8-14(19)9-7-13/h2-9H,10-11H2,1H3,(H,20,23). The zero-order valence-electron chi connectivity index (χ0n) is 13.0. The molecule has 0 aliphatic rings. The van der Waals surface area contributed by atoms with Crippen LogP contribution in [-0.2, 0) is 9.53 Å². The molecule has 124 valence electrons. The van der Waals surface area contributed by atoms with Crippen LogP contribution in [0, 0.1) is 6.92 Å². The van der Waals surface area contributed by atoms with Gasteiger partial charge in [0.25, 0.3) is 5.91 Å². The number of halogens is 1. The minimum atomic E-state index is -0.681. The van der Waals surface area contributed by atoms with E-state index in [4.69, 9.17) is 16.3 Å². The lowest BCUT2D eigenvalue weighted by Crippen LogP contribution is -2.31. The molecule has 0 heterocycles. The van der Waals surface area contributed by atoms with E-state index in [2.05, 4.69) is 5.32 Å². The molecule has 6 heteroatoms. The number of ketones is 1. The molecule has 0 aromatic heterocycles. The topological polar surface area (TPSA) is 72.5 Å². The summed E-state index contributed by atoms with van der Waals surface area (Å²) in [5.74, 6) is -1.39. The summed E-state index contributed by atoms with van der Waals surface area (Å²) in [5.41, 5.74) is 1.69. The van der Waals surface area contributed by atoms with Crippen molar-refractivity contribution >= 4 is 29.3 Å². The van der Waals surface area contributed by atoms with Gasteiger partial charge in [-0.2, -0.15) is 0 Å². The summed E-state index contributed by atoms with van der Waals surface area (Å²) in [6.07, 6.45) is 0. The third-order valence-corrected chi connectivity index (χ3v) is 3.57. The zero-order valence-corrected chi connectivity index (χ0v) is 13.8. The molecule has 2 rings (SSSR count). The fraction of sp³-hybridized carbons (Fsp3) is 0.167. The van der Waals surface area contributed by atoms with Gasteiger partial charge in [-0.15, -0.1) is 0 Å². The first-order valence-electron chi connectivity index (χ1n) is 7.25. The molecule has 0 fully saturated rings. The van der Waals surface area contributed by atoms with Gasteiger partial charge in [0, 0.05) is 16.1 Å². The van der Waals surface area contributed by atoms with Crippen molar-refractivity contribution < 1.29 is 19.1 Å². The van der Waals surface area contributed by atoms with Crippen molar-refractivity contribution in [1.82, 2.24) is 5.32 Å². The first kappa shape index (κ1) is 17.7. The highest BCUT2D eigenvalue weighted by Crippen LogP contribution is 2.10. The predicted octanol–water partition coefficient (Wildman–Crippen LogP) is 2.80. The number of esters is 1. The number of amides is 1. The highest BCUT2D eigenvalue weighted by Gasteiger charge is 2.13. The van der Waals surface area contributed by atoms with Gasteiger partial charge in [-0.25, -0.2) is 0 Å². The van der Waals surface area contributed by atoms with Crippen LogP contribution in [0.4, 0.5) is 0 Å². The van der Waals surface area contributed by atoms with Gasteiger partial charge in [-0.1, -0.05) is 29.8 Å². The number of ether oxygens (including phenoxy) is 1. The van der Waals surface area contributed by atoms with E-state index in [1.165, 1.54) is 0 Å². The lowest BCUT2D eigenvalue weighted by Gasteiger charge is -2.08. The van der Waals surface area contributed by atoms with Crippen LogP contribution in [0.3, 0.4) is 0 Å². The Morgan fingerprint density at radius 2 is 1.71 bits per heavy atom. The van der Waals surface area contributed by atoms with E-state index in [0.717, 1.165) is 5.56 Å². The summed E-state index contributed by atoms with van der Waals surface area (Å²) in [6, 6.07) is 13.3. The fourth-order valence-electron chi connectivity index (χ4n) is 1.99. The molecule has 1 N–H and O–H groups in total. The third-order valence-electron chi connectivity index (χ3n) is 3.31. The van der Waals surface area contributed by atoms with Crippen molar-refractivity contribution in [2.24, 2.45) is 0 Å². The number of aryl methyl sites for hydroxylation is 1. The molecule has 1 amide bonds. The summed E-state index contributed by atoms with van der Waals surface area (Å²) in [4.78, 5) is 35.5. The lowest BCUT2D eigenvalue weighted by molar-refractivity contribution is -0.141. The number of Topliss-reactive ketones (excluding diaryl/α,β-unsaturated/α-hetero) is 1. The first-order valence-corrected chi connectivity index (χ1v) is 7.63. The second-order valence-electron chi connectivity index (χ2n) is 5.09. The average Bonchev–Trinajstić information content (AvgIpc) is 2.58. The monoisotopic (exact) mass is 345 g/mol. The van der Waals surface area contributed by atoms with E-state index in [-0.39, 0.29) is 24.8 Å². The third kappa shape index (κ3) is 4.93. The highest BCUT2D eigenvalue weighted by atomic mass is 35.5. The van der Waals surface area contributed by atoms with E-state index in [9.17, 15) is 14.4 Å². The van der Waals surface area contributed by atoms with Gasteiger partial charge < -0.3 is 10.1 Å². The van der Waals surface area contributed by atoms with Crippen LogP contribution in [0.25, 0.3) is 0 Å². The smallest absolute Gasteiger partial charge is 0.325 e. The van der Waals surface area contributed by atoms with E-state index >= 15 is 0 Å². The maximum absolute atomic E-state index is 12.0. The van der Waals surface area contributed by atoms with Crippen molar-refractivity contribution in [2.45, 2.75) is 6.92 Å². The molecular weight excluding hydrogens is 330 g/mol. The molecule has 0 unspecified atom stereocenters. The van der Waals surface area contributed by atoms with Gasteiger partial charge in [0.05, 0.1) is 0 Å². The van der Waals surface area contributed by atoms with Gasteiger partial charge in [0.15, 0.2) is 12.4 Å². The fourth-order valence-corrected chi connectivity index (χ4v) is 2.12. The molecule has 0 saturated heterocycles. The minimum Gasteiger partial charge on any atom is -0.456 e. The molecule has 2 aromatic carbocycles. The Balaban J connectivity index is 1.79. The Morgan fingerprint density at radius 1 is 1.04 bits per heavy atom. The summed E-state index contributed by atoms with van der Waals surface area (Å²) in [5, 5.41) is 2.98. The van der Waals surface area contributed by atoms with Crippen molar-refractivity contribution in [1.29, 1.82) is 0 Å². The quantitative estimate of drug-likeness (QED) is 0.645. The summed E-state index contributed by atoms with van der Waals surface area (Å²) >= 11 is 5.74. The highest BCUT2D eigenvalue weighted by molar-refractivity contribution is 6.30. The van der Waals surface area contributed by atoms with E-state index < -0.39 is 5.97 Å². The van der Waals surface area contributed by atoms with Crippen LogP contribution in [0.2, 0.25) is 5.02 Å². The largest absolute Gasteiger partial charge is 0.456 e. The normalized spacial score (nSPS) is 10.1. The number of nitrogens with one attached hydrogen (secondary N) is 1. The maximum Gasteiger partial charge on any atom is 0.325 e. The van der Waals surface area contributed by atoms with Gasteiger partial charge in [-0.05, 0) is 42.8 Å². The Labute approximate surface area is 144 Å². The van der Waals surface area contributed by atoms with Gasteiger partial charge in [-0.3, -0.25) is 14.4 Å². The molecule has 2 aromatic rings. The van der Waals surface area contributed by atoms with Crippen LogP contribution in [-0.4, -0.2) is 30.8 Å². The molecule has 0 radical (unpaired) electrons. The first-order chi connectivity index (χ1) is 11.5. The van der Waals surface area contributed by atoms with Gasteiger partial charge in [0.1, 0.15) is 6.54 Å². The van der Waals surface area contributed by atoms with Crippen LogP contribution in [0.5, 0.6) is 0 Å². The maximum atomic E-state index is 12.0. The van der Waals surface area contributed by atoms with Crippen molar-refractivity contribution in [3.63, 3.8) is 0 Å². The Morgan fingerprint density at radius 3 is 2.38 bits per heavy atom. The SMILES string of the molecule is Cc1ccccc1C(=O)NCC(=O)OCC(=O)c1ccc(Cl)cc1. The van der Waals surface area contributed by atoms with Crippen molar-refractivity contribution in [2.75, 3.05) is 13.2 Å². The minimum absolute atomic E-state index is 0.304. The zero-order chi connectivity index (χ0) is 17.5. The number of carbonyl (C=O) groups is 3. The Hall–Kier alpha value is -2.66. The van der Waals surface area contributed by atoms with Crippen LogP contribution in [0.1, 0.15) is 26.3 Å². The second kappa shape index (κ2) is 8.26. The van der Waals surface area contributed by atoms with Crippen molar-refractivity contribution in [3.8, 4) is 0 Å².